The molecule has 0 aliphatic carbocycles. The molecule has 0 fully saturated rings. The van der Waals surface area contributed by atoms with E-state index >= 15 is 0 Å². The molecule has 0 atom stereocenters. The van der Waals surface area contributed by atoms with Crippen molar-refractivity contribution in [1.82, 2.24) is 0 Å². The van der Waals surface area contributed by atoms with Crippen molar-refractivity contribution in [3.05, 3.63) is 17.7 Å². The van der Waals surface area contributed by atoms with Gasteiger partial charge in [-0.25, -0.2) is 0 Å². The molecule has 0 heterocycles. The third-order valence-corrected chi connectivity index (χ3v) is 1.89. The number of methoxy groups -OCH3 is 2. The Morgan fingerprint density at radius 3 is 2.00 bits per heavy atom. The first-order chi connectivity index (χ1) is 7.72. The van der Waals surface area contributed by atoms with Gasteiger partial charge in [0.2, 0.25) is 5.75 Å². The molecule has 16 heavy (non-hydrogen) atoms. The van der Waals surface area contributed by atoms with Crippen LogP contribution in [0.1, 0.15) is 26.3 Å². The summed E-state index contributed by atoms with van der Waals surface area (Å²) in [5, 5.41) is 0. The summed E-state index contributed by atoms with van der Waals surface area (Å²) in [7, 11) is 3.22. The van der Waals surface area contributed by atoms with Crippen molar-refractivity contribution in [2.75, 3.05) is 20.8 Å². The molecule has 1 rings (SSSR count). The van der Waals surface area contributed by atoms with E-state index in [1.807, 2.05) is 39.8 Å². The van der Waals surface area contributed by atoms with Gasteiger partial charge in [0.25, 0.3) is 0 Å². The highest BCUT2D eigenvalue weighted by Gasteiger charge is 2.11. The highest BCUT2D eigenvalue weighted by molar-refractivity contribution is 5.53. The summed E-state index contributed by atoms with van der Waals surface area (Å²) >= 11 is 0. The minimum atomic E-state index is 0.614. The molecule has 92 valence electrons. The van der Waals surface area contributed by atoms with Gasteiger partial charge in [-0.05, 0) is 31.5 Å². The Morgan fingerprint density at radius 2 is 1.56 bits per heavy atom. The maximum atomic E-state index is 5.45. The van der Waals surface area contributed by atoms with Crippen LogP contribution in [-0.4, -0.2) is 20.8 Å². The largest absolute Gasteiger partial charge is 0.493 e. The van der Waals surface area contributed by atoms with Crippen LogP contribution in [-0.2, 0) is 0 Å². The predicted octanol–water partition coefficient (Wildman–Crippen LogP) is 3.44. The average molecular weight is 226 g/mol. The van der Waals surface area contributed by atoms with E-state index in [2.05, 4.69) is 0 Å². The van der Waals surface area contributed by atoms with Gasteiger partial charge in [-0.2, -0.15) is 0 Å². The topological polar surface area (TPSA) is 27.7 Å². The Hall–Kier alpha value is -1.38. The third-order valence-electron chi connectivity index (χ3n) is 1.89. The van der Waals surface area contributed by atoms with Crippen molar-refractivity contribution in [3.8, 4) is 17.2 Å². The Labute approximate surface area is 98.3 Å². The van der Waals surface area contributed by atoms with Crippen molar-refractivity contribution in [1.29, 1.82) is 0 Å². The summed E-state index contributed by atoms with van der Waals surface area (Å²) in [5.41, 5.74) is 1.09. The quantitative estimate of drug-likeness (QED) is 0.787. The van der Waals surface area contributed by atoms with Crippen molar-refractivity contribution in [2.24, 2.45) is 0 Å². The smallest absolute Gasteiger partial charge is 0.203 e. The molecule has 3 heteroatoms. The Balaban J connectivity index is 0.00000106. The molecule has 0 unspecified atom stereocenters. The number of hydrogen-bond donors (Lipinski definition) is 0. The molecule has 0 saturated heterocycles. The van der Waals surface area contributed by atoms with Crippen LogP contribution in [0.15, 0.2) is 12.1 Å². The molecule has 1 aromatic rings. The monoisotopic (exact) mass is 226 g/mol. The number of rotatable bonds is 4. The molecule has 0 radical (unpaired) electrons. The normalized spacial score (nSPS) is 8.88. The lowest BCUT2D eigenvalue weighted by Gasteiger charge is -2.13. The molecule has 0 N–H and O–H groups in total. The highest BCUT2D eigenvalue weighted by Crippen LogP contribution is 2.38. The van der Waals surface area contributed by atoms with Crippen molar-refractivity contribution >= 4 is 0 Å². The summed E-state index contributed by atoms with van der Waals surface area (Å²) in [5.74, 6) is 2.09. The second kappa shape index (κ2) is 7.85. The van der Waals surface area contributed by atoms with Gasteiger partial charge in [0.15, 0.2) is 11.5 Å². The van der Waals surface area contributed by atoms with E-state index in [0.717, 1.165) is 11.3 Å². The molecule has 0 aromatic heterocycles. The van der Waals surface area contributed by atoms with Gasteiger partial charge >= 0.3 is 0 Å². The van der Waals surface area contributed by atoms with Crippen LogP contribution in [0.25, 0.3) is 0 Å². The van der Waals surface area contributed by atoms with Crippen molar-refractivity contribution in [2.45, 2.75) is 27.7 Å². The zero-order valence-corrected chi connectivity index (χ0v) is 11.1. The number of aryl methyl sites for hydroxylation is 1. The van der Waals surface area contributed by atoms with Crippen LogP contribution in [0.3, 0.4) is 0 Å². The van der Waals surface area contributed by atoms with E-state index in [4.69, 9.17) is 14.2 Å². The summed E-state index contributed by atoms with van der Waals surface area (Å²) in [6.45, 7) is 8.54. The molecule has 0 aliphatic rings. The van der Waals surface area contributed by atoms with Gasteiger partial charge in [0.1, 0.15) is 0 Å². The van der Waals surface area contributed by atoms with Crippen molar-refractivity contribution in [3.63, 3.8) is 0 Å². The van der Waals surface area contributed by atoms with Gasteiger partial charge in [-0.15, -0.1) is 0 Å². The maximum Gasteiger partial charge on any atom is 0.203 e. The van der Waals surface area contributed by atoms with E-state index in [-0.39, 0.29) is 0 Å². The average Bonchev–Trinajstić information content (AvgIpc) is 2.31. The van der Waals surface area contributed by atoms with Crippen LogP contribution < -0.4 is 14.2 Å². The number of hydrogen-bond acceptors (Lipinski definition) is 3. The lowest BCUT2D eigenvalue weighted by atomic mass is 10.2. The van der Waals surface area contributed by atoms with E-state index < -0.39 is 0 Å². The molecule has 0 amide bonds. The second-order valence-electron chi connectivity index (χ2n) is 2.93. The van der Waals surface area contributed by atoms with Gasteiger partial charge in [0, 0.05) is 0 Å². The fraction of sp³-hybridized carbons (Fsp3) is 0.538. The maximum absolute atomic E-state index is 5.45. The van der Waals surface area contributed by atoms with E-state index in [9.17, 15) is 0 Å². The molecule has 0 bridgehead atoms. The minimum absolute atomic E-state index is 0.614. The minimum Gasteiger partial charge on any atom is -0.493 e. The third kappa shape index (κ3) is 3.65. The summed E-state index contributed by atoms with van der Waals surface area (Å²) in [6.07, 6.45) is 0. The predicted molar refractivity (Wildman–Crippen MR) is 66.8 cm³/mol. The molecule has 0 aliphatic heterocycles. The first-order valence-corrected chi connectivity index (χ1v) is 5.58. The van der Waals surface area contributed by atoms with Gasteiger partial charge < -0.3 is 14.2 Å². The zero-order valence-electron chi connectivity index (χ0n) is 11.1. The Kier molecular flexibility index (Phi) is 7.18. The summed E-state index contributed by atoms with van der Waals surface area (Å²) in [4.78, 5) is 0. The molecule has 0 spiro atoms. The summed E-state index contributed by atoms with van der Waals surface area (Å²) < 4.78 is 15.9. The first-order valence-electron chi connectivity index (χ1n) is 5.58. The van der Waals surface area contributed by atoms with Gasteiger partial charge in [0.05, 0.1) is 20.8 Å². The van der Waals surface area contributed by atoms with Crippen LogP contribution in [0.4, 0.5) is 0 Å². The SMILES string of the molecule is CC.CCOc1cc(C)cc(OC)c1OC. The molecule has 3 nitrogen and oxygen atoms in total. The van der Waals surface area contributed by atoms with Crippen LogP contribution in [0, 0.1) is 6.92 Å². The zero-order chi connectivity index (χ0) is 12.6. The Bertz CT molecular complexity index is 308. The van der Waals surface area contributed by atoms with Crippen LogP contribution in [0.2, 0.25) is 0 Å². The molecular formula is C13H22O3. The molecular weight excluding hydrogens is 204 g/mol. The molecule has 1 aromatic carbocycles. The molecule has 0 saturated carbocycles. The lowest BCUT2D eigenvalue weighted by Crippen LogP contribution is -1.98. The van der Waals surface area contributed by atoms with E-state index in [1.54, 1.807) is 14.2 Å². The fourth-order valence-corrected chi connectivity index (χ4v) is 1.32. The van der Waals surface area contributed by atoms with Crippen LogP contribution in [0.5, 0.6) is 17.2 Å². The standard InChI is InChI=1S/C11H16O3.C2H6/c1-5-14-10-7-8(2)6-9(12-3)11(10)13-4;1-2/h6-7H,5H2,1-4H3;1-2H3. The summed E-state index contributed by atoms with van der Waals surface area (Å²) in [6, 6.07) is 3.85. The van der Waals surface area contributed by atoms with E-state index in [0.29, 0.717) is 18.1 Å². The number of ether oxygens (including phenoxy) is 3. The first kappa shape index (κ1) is 14.6. The van der Waals surface area contributed by atoms with Crippen molar-refractivity contribution < 1.29 is 14.2 Å². The highest BCUT2D eigenvalue weighted by atomic mass is 16.5. The van der Waals surface area contributed by atoms with E-state index in [1.165, 1.54) is 0 Å². The van der Waals surface area contributed by atoms with Gasteiger partial charge in [-0.1, -0.05) is 13.8 Å². The van der Waals surface area contributed by atoms with Gasteiger partial charge in [-0.3, -0.25) is 0 Å². The van der Waals surface area contributed by atoms with Crippen LogP contribution >= 0.6 is 0 Å². The second-order valence-corrected chi connectivity index (χ2v) is 2.93. The Morgan fingerprint density at radius 1 is 1.00 bits per heavy atom. The number of benzene rings is 1. The fourth-order valence-electron chi connectivity index (χ4n) is 1.32. The lowest BCUT2D eigenvalue weighted by molar-refractivity contribution is 0.296.